The van der Waals surface area contributed by atoms with E-state index in [0.29, 0.717) is 27.9 Å². The molecule has 0 aliphatic carbocycles. The summed E-state index contributed by atoms with van der Waals surface area (Å²) in [5.41, 5.74) is 0.999. The second-order valence-electron chi connectivity index (χ2n) is 4.32. The Kier molecular flexibility index (Phi) is 4.90. The number of carbonyl (C=O) groups excluding carboxylic acids is 1. The second-order valence-corrected chi connectivity index (χ2v) is 5.39. The van der Waals surface area contributed by atoms with Crippen LogP contribution < -0.4 is 5.32 Å². The molecule has 1 N–H and O–H groups in total. The molecule has 0 saturated heterocycles. The Morgan fingerprint density at radius 2 is 1.95 bits per heavy atom. The molecule has 0 bridgehead atoms. The van der Waals surface area contributed by atoms with E-state index in [-0.39, 0.29) is 5.56 Å². The van der Waals surface area contributed by atoms with E-state index in [4.69, 9.17) is 0 Å². The number of hydrogen-bond acceptors (Lipinski definition) is 2. The molecule has 21 heavy (non-hydrogen) atoms. The summed E-state index contributed by atoms with van der Waals surface area (Å²) >= 11 is 0.395. The number of benzene rings is 2. The lowest BCUT2D eigenvalue weighted by molar-refractivity contribution is 0.102. The molecule has 6 heteroatoms. The fourth-order valence-corrected chi connectivity index (χ4v) is 2.25. The maximum Gasteiger partial charge on any atom is 0.288 e. The van der Waals surface area contributed by atoms with E-state index < -0.39 is 17.5 Å². The van der Waals surface area contributed by atoms with Gasteiger partial charge in [0.15, 0.2) is 0 Å². The van der Waals surface area contributed by atoms with Crippen molar-refractivity contribution in [1.82, 2.24) is 0 Å². The van der Waals surface area contributed by atoms with E-state index in [9.17, 15) is 18.0 Å². The van der Waals surface area contributed by atoms with Gasteiger partial charge in [-0.25, -0.2) is 4.39 Å². The molecule has 0 aliphatic heterocycles. The number of nitrogens with one attached hydrogen (secondary N) is 1. The van der Waals surface area contributed by atoms with E-state index in [1.807, 2.05) is 0 Å². The van der Waals surface area contributed by atoms with E-state index in [0.717, 1.165) is 6.07 Å². The zero-order valence-corrected chi connectivity index (χ0v) is 11.9. The molecule has 0 saturated carbocycles. The molecule has 0 spiro atoms. The van der Waals surface area contributed by atoms with E-state index in [2.05, 4.69) is 5.32 Å². The third-order valence-electron chi connectivity index (χ3n) is 2.75. The van der Waals surface area contributed by atoms with E-state index in [1.54, 1.807) is 19.1 Å². The van der Waals surface area contributed by atoms with Crippen LogP contribution in [0, 0.1) is 12.7 Å². The van der Waals surface area contributed by atoms with Crippen molar-refractivity contribution in [1.29, 1.82) is 0 Å². The van der Waals surface area contributed by atoms with Gasteiger partial charge in [0.05, 0.1) is 0 Å². The molecule has 0 heterocycles. The summed E-state index contributed by atoms with van der Waals surface area (Å²) in [5, 5.41) is 2.55. The summed E-state index contributed by atoms with van der Waals surface area (Å²) in [5.74, 6) is -3.49. The Labute approximate surface area is 124 Å². The van der Waals surface area contributed by atoms with Crippen molar-refractivity contribution in [3.05, 3.63) is 59.4 Å². The van der Waals surface area contributed by atoms with Gasteiger partial charge >= 0.3 is 0 Å². The Hall–Kier alpha value is -1.95. The van der Waals surface area contributed by atoms with Gasteiger partial charge in [-0.05, 0) is 42.8 Å². The topological polar surface area (TPSA) is 29.1 Å². The minimum atomic E-state index is -2.53. The molecule has 0 fully saturated rings. The van der Waals surface area contributed by atoms with Gasteiger partial charge in [0, 0.05) is 16.1 Å². The number of anilines is 1. The maximum atomic E-state index is 13.4. The molecule has 0 radical (unpaired) electrons. The Bertz CT molecular complexity index is 661. The zero-order valence-electron chi connectivity index (χ0n) is 11.1. The van der Waals surface area contributed by atoms with Crippen LogP contribution in [0.5, 0.6) is 0 Å². The number of amides is 1. The number of aryl methyl sites for hydroxylation is 1. The third-order valence-corrected chi connectivity index (χ3v) is 3.46. The first-order valence-corrected chi connectivity index (χ1v) is 6.96. The van der Waals surface area contributed by atoms with Crippen LogP contribution in [0.4, 0.5) is 18.9 Å². The number of rotatable bonds is 4. The summed E-state index contributed by atoms with van der Waals surface area (Å²) in [6.07, 6.45) is 0. The highest BCUT2D eigenvalue weighted by Crippen LogP contribution is 2.27. The second kappa shape index (κ2) is 6.67. The third kappa shape index (κ3) is 4.26. The zero-order chi connectivity index (χ0) is 15.4. The van der Waals surface area contributed by atoms with Gasteiger partial charge in [0.1, 0.15) is 5.82 Å². The highest BCUT2D eigenvalue weighted by atomic mass is 32.2. The minimum Gasteiger partial charge on any atom is -0.322 e. The lowest BCUT2D eigenvalue weighted by Crippen LogP contribution is -2.12. The van der Waals surface area contributed by atoms with Crippen LogP contribution in [0.2, 0.25) is 0 Å². The average Bonchev–Trinajstić information content (AvgIpc) is 2.41. The molecular formula is C15H12F3NOS. The quantitative estimate of drug-likeness (QED) is 0.829. The largest absolute Gasteiger partial charge is 0.322 e. The van der Waals surface area contributed by atoms with Gasteiger partial charge in [0.25, 0.3) is 11.7 Å². The number of halogens is 3. The molecule has 2 rings (SSSR count). The molecule has 2 aromatic rings. The molecule has 0 unspecified atom stereocenters. The van der Waals surface area contributed by atoms with Crippen LogP contribution in [0.15, 0.2) is 47.4 Å². The van der Waals surface area contributed by atoms with Crippen molar-refractivity contribution in [3.8, 4) is 0 Å². The predicted molar refractivity (Wildman–Crippen MR) is 77.4 cm³/mol. The van der Waals surface area contributed by atoms with Crippen molar-refractivity contribution < 1.29 is 18.0 Å². The van der Waals surface area contributed by atoms with Crippen molar-refractivity contribution in [3.63, 3.8) is 0 Å². The van der Waals surface area contributed by atoms with Crippen LogP contribution in [0.25, 0.3) is 0 Å². The van der Waals surface area contributed by atoms with Crippen LogP contribution in [-0.2, 0) is 0 Å². The fourth-order valence-electron chi connectivity index (χ4n) is 1.69. The average molecular weight is 311 g/mol. The monoisotopic (exact) mass is 311 g/mol. The highest BCUT2D eigenvalue weighted by molar-refractivity contribution is 7.99. The van der Waals surface area contributed by atoms with Crippen LogP contribution in [-0.4, -0.2) is 11.7 Å². The highest BCUT2D eigenvalue weighted by Gasteiger charge is 2.10. The normalized spacial score (nSPS) is 10.7. The van der Waals surface area contributed by atoms with E-state index >= 15 is 0 Å². The summed E-state index contributed by atoms with van der Waals surface area (Å²) < 4.78 is 38.0. The van der Waals surface area contributed by atoms with E-state index in [1.165, 1.54) is 24.3 Å². The first-order valence-electron chi connectivity index (χ1n) is 6.08. The van der Waals surface area contributed by atoms with Crippen LogP contribution in [0.1, 0.15) is 15.9 Å². The minimum absolute atomic E-state index is 0.171. The van der Waals surface area contributed by atoms with Crippen molar-refractivity contribution in [2.24, 2.45) is 0 Å². The smallest absolute Gasteiger partial charge is 0.288 e. The summed E-state index contributed by atoms with van der Waals surface area (Å²) in [6.45, 7) is 1.60. The van der Waals surface area contributed by atoms with Gasteiger partial charge < -0.3 is 5.32 Å². The number of thioether (sulfide) groups is 1. The molecular weight excluding hydrogens is 299 g/mol. The van der Waals surface area contributed by atoms with Crippen molar-refractivity contribution in [2.75, 3.05) is 5.32 Å². The Balaban J connectivity index is 2.13. The first kappa shape index (κ1) is 15.4. The van der Waals surface area contributed by atoms with Crippen LogP contribution >= 0.6 is 11.8 Å². The van der Waals surface area contributed by atoms with Crippen molar-refractivity contribution in [2.45, 2.75) is 17.6 Å². The Morgan fingerprint density at radius 3 is 2.62 bits per heavy atom. The number of alkyl halides is 2. The van der Waals surface area contributed by atoms with Gasteiger partial charge in [-0.15, -0.1) is 0 Å². The van der Waals surface area contributed by atoms with Crippen LogP contribution in [0.3, 0.4) is 0 Å². The van der Waals surface area contributed by atoms with Gasteiger partial charge in [-0.3, -0.25) is 4.79 Å². The lowest BCUT2D eigenvalue weighted by atomic mass is 10.1. The molecule has 0 aromatic heterocycles. The number of carbonyl (C=O) groups is 1. The molecule has 110 valence electrons. The summed E-state index contributed by atoms with van der Waals surface area (Å²) in [7, 11) is 0. The SMILES string of the molecule is Cc1ccc(C(=O)Nc2cccc(SC(F)F)c2)cc1F. The van der Waals surface area contributed by atoms with Gasteiger partial charge in [-0.1, -0.05) is 23.9 Å². The van der Waals surface area contributed by atoms with Gasteiger partial charge in [0.2, 0.25) is 0 Å². The molecule has 1 amide bonds. The molecule has 2 nitrogen and oxygen atoms in total. The fraction of sp³-hybridized carbons (Fsp3) is 0.133. The summed E-state index contributed by atoms with van der Waals surface area (Å²) in [4.78, 5) is 12.3. The standard InChI is InChI=1S/C15H12F3NOS/c1-9-5-6-10(7-13(9)16)14(20)19-11-3-2-4-12(8-11)21-15(17)18/h2-8,15H,1H3,(H,19,20). The first-order chi connectivity index (χ1) is 9.95. The Morgan fingerprint density at radius 1 is 1.19 bits per heavy atom. The maximum absolute atomic E-state index is 13.4. The predicted octanol–water partition coefficient (Wildman–Crippen LogP) is 4.70. The number of hydrogen-bond donors (Lipinski definition) is 1. The lowest BCUT2D eigenvalue weighted by Gasteiger charge is -2.08. The van der Waals surface area contributed by atoms with Gasteiger partial charge in [-0.2, -0.15) is 8.78 Å². The molecule has 0 aliphatic rings. The summed E-state index contributed by atoms with van der Waals surface area (Å²) in [6, 6.07) is 10.3. The van der Waals surface area contributed by atoms with Crippen molar-refractivity contribution >= 4 is 23.4 Å². The molecule has 2 aromatic carbocycles. The molecule has 0 atom stereocenters.